The van der Waals surface area contributed by atoms with Gasteiger partial charge in [-0.2, -0.15) is 0 Å². The summed E-state index contributed by atoms with van der Waals surface area (Å²) in [7, 11) is 0. The molecule has 5 aliphatic rings. The van der Waals surface area contributed by atoms with Gasteiger partial charge in [-0.15, -0.1) is 0 Å². The third-order valence-corrected chi connectivity index (χ3v) is 7.66. The maximum Gasteiger partial charge on any atom is 0.339 e. The molecule has 6 heteroatoms. The number of carbonyl (C=O) groups is 2. The van der Waals surface area contributed by atoms with Crippen molar-refractivity contribution in [3.8, 4) is 0 Å². The van der Waals surface area contributed by atoms with Gasteiger partial charge in [-0.05, 0) is 31.2 Å². The number of rotatable bonds is 1. The summed E-state index contributed by atoms with van der Waals surface area (Å²) in [6, 6.07) is 1.90. The van der Waals surface area contributed by atoms with Gasteiger partial charge in [-0.1, -0.05) is 6.92 Å². The van der Waals surface area contributed by atoms with Crippen LogP contribution in [0.1, 0.15) is 44.3 Å². The predicted octanol–water partition coefficient (Wildman–Crippen LogP) is 2.38. The first kappa shape index (κ1) is 14.4. The molecule has 0 amide bonds. The SMILES string of the molecule is C[C@@]12C[C@H](c3ccoc3)OC13CC(OC3=O)[C@@H]1C3C[C@@H](CC12)OC3=O. The molecule has 5 fully saturated rings. The minimum absolute atomic E-state index is 0.0202. The molecule has 6 rings (SSSR count). The van der Waals surface area contributed by atoms with E-state index in [0.29, 0.717) is 6.42 Å². The number of hydrogen-bond donors (Lipinski definition) is 0. The molecule has 3 saturated heterocycles. The molecule has 25 heavy (non-hydrogen) atoms. The van der Waals surface area contributed by atoms with Crippen LogP contribution in [0.3, 0.4) is 0 Å². The molecule has 8 atom stereocenters. The fraction of sp³-hybridized carbons (Fsp3) is 0.684. The van der Waals surface area contributed by atoms with E-state index in [-0.39, 0.29) is 53.4 Å². The highest BCUT2D eigenvalue weighted by atomic mass is 16.6. The first-order chi connectivity index (χ1) is 12.0. The molecule has 6 nitrogen and oxygen atoms in total. The van der Waals surface area contributed by atoms with Crippen molar-refractivity contribution in [2.45, 2.75) is 56.5 Å². The third-order valence-electron chi connectivity index (χ3n) is 7.66. The Morgan fingerprint density at radius 3 is 2.84 bits per heavy atom. The molecule has 4 unspecified atom stereocenters. The summed E-state index contributed by atoms with van der Waals surface area (Å²) < 4.78 is 23.0. The van der Waals surface area contributed by atoms with E-state index >= 15 is 0 Å². The van der Waals surface area contributed by atoms with Gasteiger partial charge in [0, 0.05) is 23.3 Å². The molecule has 0 aromatic carbocycles. The van der Waals surface area contributed by atoms with Gasteiger partial charge in [0.15, 0.2) is 5.60 Å². The number of ether oxygens (including phenoxy) is 3. The van der Waals surface area contributed by atoms with Crippen LogP contribution >= 0.6 is 0 Å². The maximum atomic E-state index is 12.9. The van der Waals surface area contributed by atoms with E-state index in [4.69, 9.17) is 18.6 Å². The predicted molar refractivity (Wildman–Crippen MR) is 82.1 cm³/mol. The molecule has 3 aliphatic heterocycles. The molecule has 2 saturated carbocycles. The molecule has 0 radical (unpaired) electrons. The summed E-state index contributed by atoms with van der Waals surface area (Å²) in [5.74, 6) is -0.235. The van der Waals surface area contributed by atoms with Gasteiger partial charge in [0.1, 0.15) is 12.2 Å². The summed E-state index contributed by atoms with van der Waals surface area (Å²) in [5.41, 5.74) is -0.293. The lowest BCUT2D eigenvalue weighted by Gasteiger charge is -2.51. The number of hydrogen-bond acceptors (Lipinski definition) is 6. The van der Waals surface area contributed by atoms with Crippen LogP contribution < -0.4 is 0 Å². The van der Waals surface area contributed by atoms with Gasteiger partial charge < -0.3 is 18.6 Å². The maximum absolute atomic E-state index is 12.9. The largest absolute Gasteiger partial charge is 0.472 e. The summed E-state index contributed by atoms with van der Waals surface area (Å²) >= 11 is 0. The zero-order valence-corrected chi connectivity index (χ0v) is 14.0. The van der Waals surface area contributed by atoms with E-state index in [2.05, 4.69) is 6.92 Å². The van der Waals surface area contributed by atoms with Crippen molar-refractivity contribution in [3.63, 3.8) is 0 Å². The average Bonchev–Trinajstić information content (AvgIpc) is 3.31. The summed E-state index contributed by atoms with van der Waals surface area (Å²) in [4.78, 5) is 25.2. The molecular weight excluding hydrogens is 324 g/mol. The second kappa shape index (κ2) is 4.29. The Bertz CT molecular complexity index is 771. The van der Waals surface area contributed by atoms with Crippen molar-refractivity contribution in [1.29, 1.82) is 0 Å². The lowest BCUT2D eigenvalue weighted by molar-refractivity contribution is -0.169. The average molecular weight is 344 g/mol. The Hall–Kier alpha value is -1.82. The van der Waals surface area contributed by atoms with Gasteiger partial charge in [0.05, 0.1) is 24.5 Å². The number of esters is 2. The molecule has 1 aromatic heterocycles. The molecular formula is C19H20O6. The fourth-order valence-corrected chi connectivity index (χ4v) is 6.54. The van der Waals surface area contributed by atoms with E-state index in [1.807, 2.05) is 6.07 Å². The zero-order valence-electron chi connectivity index (χ0n) is 14.0. The lowest BCUT2D eigenvalue weighted by atomic mass is 9.49. The second-order valence-electron chi connectivity index (χ2n) is 8.58. The molecule has 4 bridgehead atoms. The van der Waals surface area contributed by atoms with Crippen LogP contribution in [0.2, 0.25) is 0 Å². The Kier molecular flexibility index (Phi) is 2.46. The Balaban J connectivity index is 1.48. The summed E-state index contributed by atoms with van der Waals surface area (Å²) in [6.45, 7) is 2.16. The van der Waals surface area contributed by atoms with Crippen LogP contribution in [0.4, 0.5) is 0 Å². The highest BCUT2D eigenvalue weighted by molar-refractivity contribution is 5.85. The van der Waals surface area contributed by atoms with Crippen LogP contribution in [0.5, 0.6) is 0 Å². The fourth-order valence-electron chi connectivity index (χ4n) is 6.54. The Morgan fingerprint density at radius 2 is 2.04 bits per heavy atom. The number of fused-ring (bicyclic) bond motifs is 7. The third kappa shape index (κ3) is 1.52. The van der Waals surface area contributed by atoms with Crippen molar-refractivity contribution in [1.82, 2.24) is 0 Å². The minimum atomic E-state index is -0.902. The van der Waals surface area contributed by atoms with Gasteiger partial charge in [0.25, 0.3) is 0 Å². The lowest BCUT2D eigenvalue weighted by Crippen LogP contribution is -2.59. The molecule has 4 heterocycles. The first-order valence-corrected chi connectivity index (χ1v) is 9.13. The Labute approximate surface area is 144 Å². The monoisotopic (exact) mass is 344 g/mol. The highest BCUT2D eigenvalue weighted by Crippen LogP contribution is 2.69. The van der Waals surface area contributed by atoms with Crippen LogP contribution in [0.15, 0.2) is 23.0 Å². The summed E-state index contributed by atoms with van der Waals surface area (Å²) in [5, 5.41) is 0. The highest BCUT2D eigenvalue weighted by Gasteiger charge is 2.76. The zero-order chi connectivity index (χ0) is 17.0. The number of carbonyl (C=O) groups excluding carboxylic acids is 2. The Morgan fingerprint density at radius 1 is 1.16 bits per heavy atom. The van der Waals surface area contributed by atoms with E-state index in [1.54, 1.807) is 12.5 Å². The second-order valence-corrected chi connectivity index (χ2v) is 8.58. The van der Waals surface area contributed by atoms with E-state index in [0.717, 1.165) is 24.8 Å². The van der Waals surface area contributed by atoms with Crippen molar-refractivity contribution < 1.29 is 28.2 Å². The van der Waals surface area contributed by atoms with Crippen molar-refractivity contribution in [2.75, 3.05) is 0 Å². The first-order valence-electron chi connectivity index (χ1n) is 9.13. The van der Waals surface area contributed by atoms with Crippen molar-refractivity contribution in [3.05, 3.63) is 24.2 Å². The van der Waals surface area contributed by atoms with Gasteiger partial charge in [-0.3, -0.25) is 4.79 Å². The quantitative estimate of drug-likeness (QED) is 0.728. The normalized spacial score (nSPS) is 52.5. The van der Waals surface area contributed by atoms with E-state index < -0.39 is 5.60 Å². The van der Waals surface area contributed by atoms with Crippen LogP contribution in [0, 0.1) is 23.2 Å². The molecule has 2 aliphatic carbocycles. The molecule has 1 aromatic rings. The van der Waals surface area contributed by atoms with Crippen LogP contribution in [-0.4, -0.2) is 29.7 Å². The minimum Gasteiger partial charge on any atom is -0.472 e. The topological polar surface area (TPSA) is 75.0 Å². The van der Waals surface area contributed by atoms with Crippen molar-refractivity contribution in [2.24, 2.45) is 23.2 Å². The van der Waals surface area contributed by atoms with Crippen LogP contribution in [-0.2, 0) is 23.8 Å². The standard InChI is InChI=1S/C19H20O6/c1-18-6-13(9-2-3-22-8-9)25-19(18)7-14(24-17(19)21)15-11-4-10(5-12(15)18)23-16(11)20/h2-3,8,10-15H,4-7H2,1H3/t10-,11?,12?,13+,14?,15+,18-,19?/m0/s1. The van der Waals surface area contributed by atoms with Gasteiger partial charge in [0.2, 0.25) is 0 Å². The molecule has 0 N–H and O–H groups in total. The van der Waals surface area contributed by atoms with Gasteiger partial charge in [-0.25, -0.2) is 4.79 Å². The van der Waals surface area contributed by atoms with Gasteiger partial charge >= 0.3 is 11.9 Å². The molecule has 132 valence electrons. The molecule has 1 spiro atoms. The van der Waals surface area contributed by atoms with Crippen LogP contribution in [0.25, 0.3) is 0 Å². The van der Waals surface area contributed by atoms with E-state index in [1.165, 1.54) is 0 Å². The summed E-state index contributed by atoms with van der Waals surface area (Å²) in [6.07, 6.45) is 5.75. The smallest absolute Gasteiger partial charge is 0.339 e. The van der Waals surface area contributed by atoms with Crippen molar-refractivity contribution >= 4 is 11.9 Å². The van der Waals surface area contributed by atoms with E-state index in [9.17, 15) is 9.59 Å². The number of furan rings is 1.